The number of hydrogen-bond donors (Lipinski definition) is 2. The first-order valence-electron chi connectivity index (χ1n) is 9.69. The number of halogens is 3. The van der Waals surface area contributed by atoms with Crippen LogP contribution in [0.3, 0.4) is 0 Å². The van der Waals surface area contributed by atoms with Gasteiger partial charge in [-0.15, -0.1) is 0 Å². The molecule has 2 N–H and O–H groups in total. The number of alkyl halides is 3. The SMILES string of the molecule is O=C(N1CCCC1)N1CCc2ncnc(NC3CC3)c2CC1.O=C(O)C(F)(F)F. The van der Waals surface area contributed by atoms with E-state index in [9.17, 15) is 18.0 Å². The predicted molar refractivity (Wildman–Crippen MR) is 97.6 cm³/mol. The molecule has 2 aliphatic heterocycles. The molecule has 0 atom stereocenters. The van der Waals surface area contributed by atoms with Gasteiger partial charge in [0, 0.05) is 44.2 Å². The first-order valence-corrected chi connectivity index (χ1v) is 9.69. The first-order chi connectivity index (χ1) is 13.8. The van der Waals surface area contributed by atoms with Crippen LogP contribution in [0.5, 0.6) is 0 Å². The van der Waals surface area contributed by atoms with Crippen LogP contribution in [0.2, 0.25) is 0 Å². The molecule has 1 aromatic heterocycles. The van der Waals surface area contributed by atoms with Crippen molar-refractivity contribution in [3.05, 3.63) is 17.6 Å². The van der Waals surface area contributed by atoms with E-state index in [1.165, 1.54) is 18.4 Å². The van der Waals surface area contributed by atoms with Crippen LogP contribution in [0.15, 0.2) is 6.33 Å². The standard InChI is InChI=1S/C16H23N5O.C2HF3O2/c22-16(20-7-1-2-8-20)21-9-5-13-14(6-10-21)17-11-18-15(13)19-12-3-4-12;3-2(4,5)1(6)7/h11-12H,1-10H2,(H,17,18,19);(H,6,7). The van der Waals surface area contributed by atoms with Crippen LogP contribution in [0, 0.1) is 0 Å². The number of nitrogens with one attached hydrogen (secondary N) is 1. The Balaban J connectivity index is 0.000000298. The summed E-state index contributed by atoms with van der Waals surface area (Å²) >= 11 is 0. The third-order valence-electron chi connectivity index (χ3n) is 5.09. The first kappa shape index (κ1) is 21.1. The number of urea groups is 1. The summed E-state index contributed by atoms with van der Waals surface area (Å²) in [5.41, 5.74) is 2.32. The number of carboxylic acid groups (broad SMARTS) is 1. The summed E-state index contributed by atoms with van der Waals surface area (Å²) in [4.78, 5) is 34.3. The van der Waals surface area contributed by atoms with Gasteiger partial charge in [-0.2, -0.15) is 13.2 Å². The number of likely N-dealkylation sites (tertiary alicyclic amines) is 1. The van der Waals surface area contributed by atoms with E-state index in [-0.39, 0.29) is 6.03 Å². The second-order valence-electron chi connectivity index (χ2n) is 7.33. The van der Waals surface area contributed by atoms with Gasteiger partial charge < -0.3 is 20.2 Å². The number of carbonyl (C=O) groups excluding carboxylic acids is 1. The van der Waals surface area contributed by atoms with Gasteiger partial charge in [0.05, 0.1) is 5.69 Å². The van der Waals surface area contributed by atoms with Crippen molar-refractivity contribution in [1.29, 1.82) is 0 Å². The van der Waals surface area contributed by atoms with Crippen LogP contribution in [-0.2, 0) is 17.6 Å². The molecule has 1 saturated heterocycles. The molecule has 1 aliphatic carbocycles. The number of fused-ring (bicyclic) bond motifs is 1. The van der Waals surface area contributed by atoms with Gasteiger partial charge in [-0.1, -0.05) is 0 Å². The third kappa shape index (κ3) is 5.70. The van der Waals surface area contributed by atoms with Gasteiger partial charge in [-0.25, -0.2) is 19.6 Å². The largest absolute Gasteiger partial charge is 0.490 e. The van der Waals surface area contributed by atoms with E-state index in [0.717, 1.165) is 63.4 Å². The number of aliphatic carboxylic acids is 1. The highest BCUT2D eigenvalue weighted by Gasteiger charge is 2.38. The van der Waals surface area contributed by atoms with Gasteiger partial charge in [0.15, 0.2) is 0 Å². The Morgan fingerprint density at radius 3 is 2.21 bits per heavy atom. The van der Waals surface area contributed by atoms with E-state index in [1.807, 2.05) is 9.80 Å². The van der Waals surface area contributed by atoms with E-state index in [2.05, 4.69) is 15.3 Å². The van der Waals surface area contributed by atoms with Gasteiger partial charge in [0.25, 0.3) is 0 Å². The van der Waals surface area contributed by atoms with Gasteiger partial charge >= 0.3 is 18.2 Å². The molecule has 160 valence electrons. The summed E-state index contributed by atoms with van der Waals surface area (Å²) in [5, 5.41) is 10.6. The molecule has 1 aromatic rings. The van der Waals surface area contributed by atoms with Gasteiger partial charge in [-0.3, -0.25) is 0 Å². The number of rotatable bonds is 2. The lowest BCUT2D eigenvalue weighted by atomic mass is 10.1. The van der Waals surface area contributed by atoms with Crippen molar-refractivity contribution >= 4 is 17.8 Å². The zero-order valence-corrected chi connectivity index (χ0v) is 15.9. The Labute approximate surface area is 166 Å². The molecule has 0 unspecified atom stereocenters. The number of hydrogen-bond acceptors (Lipinski definition) is 5. The van der Waals surface area contributed by atoms with Crippen LogP contribution in [0.1, 0.15) is 36.9 Å². The molecule has 4 rings (SSSR count). The maximum Gasteiger partial charge on any atom is 0.490 e. The lowest BCUT2D eigenvalue weighted by Crippen LogP contribution is -2.42. The topological polar surface area (TPSA) is 98.7 Å². The third-order valence-corrected chi connectivity index (χ3v) is 5.09. The van der Waals surface area contributed by atoms with Crippen molar-refractivity contribution in [2.75, 3.05) is 31.5 Å². The van der Waals surface area contributed by atoms with Crippen LogP contribution >= 0.6 is 0 Å². The van der Waals surface area contributed by atoms with Gasteiger partial charge in [0.2, 0.25) is 0 Å². The van der Waals surface area contributed by atoms with E-state index in [4.69, 9.17) is 9.90 Å². The molecule has 2 fully saturated rings. The minimum Gasteiger partial charge on any atom is -0.475 e. The molecule has 0 bridgehead atoms. The van der Waals surface area contributed by atoms with Crippen LogP contribution < -0.4 is 5.32 Å². The summed E-state index contributed by atoms with van der Waals surface area (Å²) in [5.74, 6) is -1.77. The fraction of sp³-hybridized carbons (Fsp3) is 0.667. The fourth-order valence-corrected chi connectivity index (χ4v) is 3.37. The Kier molecular flexibility index (Phi) is 6.43. The predicted octanol–water partition coefficient (Wildman–Crippen LogP) is 2.30. The summed E-state index contributed by atoms with van der Waals surface area (Å²) < 4.78 is 31.7. The summed E-state index contributed by atoms with van der Waals surface area (Å²) in [7, 11) is 0. The number of nitrogens with zero attached hydrogens (tertiary/aromatic N) is 4. The Morgan fingerprint density at radius 2 is 1.62 bits per heavy atom. The van der Waals surface area contributed by atoms with Crippen molar-refractivity contribution in [3.63, 3.8) is 0 Å². The second kappa shape index (κ2) is 8.83. The van der Waals surface area contributed by atoms with Crippen molar-refractivity contribution in [1.82, 2.24) is 19.8 Å². The highest BCUT2D eigenvalue weighted by atomic mass is 19.4. The Morgan fingerprint density at radius 1 is 1.03 bits per heavy atom. The molecule has 29 heavy (non-hydrogen) atoms. The summed E-state index contributed by atoms with van der Waals surface area (Å²) in [6, 6.07) is 0.791. The number of carbonyl (C=O) groups is 2. The van der Waals surface area contributed by atoms with Crippen LogP contribution in [-0.4, -0.2) is 75.3 Å². The molecule has 0 spiro atoms. The van der Waals surface area contributed by atoms with E-state index >= 15 is 0 Å². The normalized spacial score (nSPS) is 19.0. The lowest BCUT2D eigenvalue weighted by molar-refractivity contribution is -0.192. The Bertz CT molecular complexity index is 749. The minimum absolute atomic E-state index is 0.204. The Hall–Kier alpha value is -2.59. The zero-order chi connectivity index (χ0) is 21.0. The van der Waals surface area contributed by atoms with Gasteiger partial charge in [0.1, 0.15) is 12.1 Å². The molecule has 8 nitrogen and oxygen atoms in total. The highest BCUT2D eigenvalue weighted by Crippen LogP contribution is 2.28. The minimum atomic E-state index is -5.08. The lowest BCUT2D eigenvalue weighted by Gasteiger charge is -2.26. The number of carboxylic acids is 1. The molecule has 0 aromatic carbocycles. The molecule has 3 heterocycles. The summed E-state index contributed by atoms with van der Waals surface area (Å²) in [6.07, 6.45) is 3.00. The van der Waals surface area contributed by atoms with Crippen molar-refractivity contribution in [3.8, 4) is 0 Å². The molecular weight excluding hydrogens is 391 g/mol. The van der Waals surface area contributed by atoms with E-state index < -0.39 is 12.1 Å². The number of amides is 2. The van der Waals surface area contributed by atoms with Crippen molar-refractivity contribution < 1.29 is 27.9 Å². The summed E-state index contributed by atoms with van der Waals surface area (Å²) in [6.45, 7) is 3.37. The molecule has 3 aliphatic rings. The molecule has 11 heteroatoms. The van der Waals surface area contributed by atoms with Crippen molar-refractivity contribution in [2.45, 2.75) is 50.7 Å². The molecule has 0 radical (unpaired) electrons. The molecule has 1 saturated carbocycles. The molecule has 2 amide bonds. The monoisotopic (exact) mass is 415 g/mol. The smallest absolute Gasteiger partial charge is 0.475 e. The second-order valence-corrected chi connectivity index (χ2v) is 7.33. The fourth-order valence-electron chi connectivity index (χ4n) is 3.37. The molecular formula is C18H24F3N5O3. The average Bonchev–Trinajstić information content (AvgIpc) is 3.37. The van der Waals surface area contributed by atoms with E-state index in [1.54, 1.807) is 6.33 Å². The maximum absolute atomic E-state index is 12.6. The number of anilines is 1. The number of aromatic nitrogens is 2. The average molecular weight is 415 g/mol. The van der Waals surface area contributed by atoms with E-state index in [0.29, 0.717) is 6.04 Å². The zero-order valence-electron chi connectivity index (χ0n) is 15.9. The van der Waals surface area contributed by atoms with Gasteiger partial charge in [-0.05, 0) is 32.1 Å². The van der Waals surface area contributed by atoms with Crippen LogP contribution in [0.25, 0.3) is 0 Å². The van der Waals surface area contributed by atoms with Crippen molar-refractivity contribution in [2.24, 2.45) is 0 Å². The van der Waals surface area contributed by atoms with Crippen LogP contribution in [0.4, 0.5) is 23.8 Å². The quantitative estimate of drug-likeness (QED) is 0.769. The highest BCUT2D eigenvalue weighted by molar-refractivity contribution is 5.75. The maximum atomic E-state index is 12.6.